The average molecular weight is 448 g/mol. The van der Waals surface area contributed by atoms with Crippen LogP contribution in [0.25, 0.3) is 11.1 Å². The van der Waals surface area contributed by atoms with E-state index in [2.05, 4.69) is 5.32 Å². The van der Waals surface area contributed by atoms with Crippen LogP contribution in [0.2, 0.25) is 0 Å². The van der Waals surface area contributed by atoms with Crippen LogP contribution in [0.3, 0.4) is 0 Å². The molecular formula is C24H30FNO6. The molecule has 0 aromatic heterocycles. The molecule has 1 heterocycles. The summed E-state index contributed by atoms with van der Waals surface area (Å²) in [7, 11) is 1.46. The number of carbonyl (C=O) groups is 1. The third-order valence-corrected chi connectivity index (χ3v) is 5.96. The molecule has 1 fully saturated rings. The number of halogens is 1. The summed E-state index contributed by atoms with van der Waals surface area (Å²) >= 11 is 0. The Labute approximate surface area is 187 Å². The Bertz CT molecular complexity index is 954. The predicted octanol–water partition coefficient (Wildman–Crippen LogP) is 2.63. The molecule has 32 heavy (non-hydrogen) atoms. The molecule has 2 aromatic carbocycles. The molecule has 0 aliphatic carbocycles. The molecule has 2 aromatic rings. The first-order valence-corrected chi connectivity index (χ1v) is 10.5. The van der Waals surface area contributed by atoms with Crippen molar-refractivity contribution in [2.24, 2.45) is 5.92 Å². The number of nitrogens with one attached hydrogen (secondary N) is 1. The van der Waals surface area contributed by atoms with E-state index < -0.39 is 30.2 Å². The van der Waals surface area contributed by atoms with Crippen LogP contribution >= 0.6 is 0 Å². The lowest BCUT2D eigenvalue weighted by Crippen LogP contribution is -2.61. The molecule has 174 valence electrons. The van der Waals surface area contributed by atoms with Gasteiger partial charge in [-0.15, -0.1) is 0 Å². The number of methoxy groups -OCH3 is 1. The smallest absolute Gasteiger partial charge is 0.231 e. The van der Waals surface area contributed by atoms with Crippen LogP contribution in [-0.4, -0.2) is 54.1 Å². The number of aliphatic hydroxyl groups is 2. The van der Waals surface area contributed by atoms with Gasteiger partial charge < -0.3 is 29.7 Å². The maximum absolute atomic E-state index is 13.9. The average Bonchev–Trinajstić information content (AvgIpc) is 2.76. The molecule has 0 spiro atoms. The van der Waals surface area contributed by atoms with E-state index in [4.69, 9.17) is 14.2 Å². The Morgan fingerprint density at radius 2 is 1.97 bits per heavy atom. The molecule has 0 bridgehead atoms. The minimum absolute atomic E-state index is 0.130. The summed E-state index contributed by atoms with van der Waals surface area (Å²) in [5.41, 5.74) is 2.26. The predicted molar refractivity (Wildman–Crippen MR) is 116 cm³/mol. The van der Waals surface area contributed by atoms with Gasteiger partial charge in [0.1, 0.15) is 17.7 Å². The Hall–Kier alpha value is -2.52. The molecule has 5 unspecified atom stereocenters. The van der Waals surface area contributed by atoms with Crippen molar-refractivity contribution >= 4 is 5.91 Å². The number of benzene rings is 2. The van der Waals surface area contributed by atoms with Gasteiger partial charge in [0.25, 0.3) is 0 Å². The number of hydrogen-bond acceptors (Lipinski definition) is 6. The van der Waals surface area contributed by atoms with Gasteiger partial charge in [-0.05, 0) is 54.3 Å². The van der Waals surface area contributed by atoms with Crippen molar-refractivity contribution in [3.8, 4) is 16.9 Å². The Morgan fingerprint density at radius 1 is 1.22 bits per heavy atom. The summed E-state index contributed by atoms with van der Waals surface area (Å²) in [6.45, 7) is 5.27. The number of amides is 1. The Kier molecular flexibility index (Phi) is 7.51. The number of rotatable bonds is 7. The van der Waals surface area contributed by atoms with Crippen LogP contribution in [0.1, 0.15) is 26.3 Å². The Balaban J connectivity index is 1.90. The summed E-state index contributed by atoms with van der Waals surface area (Å²) in [6.07, 6.45) is -3.04. The highest BCUT2D eigenvalue weighted by molar-refractivity contribution is 5.73. The van der Waals surface area contributed by atoms with Gasteiger partial charge in [0.05, 0.1) is 6.10 Å². The maximum Gasteiger partial charge on any atom is 0.231 e. The molecule has 3 N–H and O–H groups in total. The highest BCUT2D eigenvalue weighted by Crippen LogP contribution is 2.37. The van der Waals surface area contributed by atoms with Crippen LogP contribution in [0.4, 0.5) is 4.39 Å². The molecule has 3 rings (SSSR count). The SMILES string of the molecule is COC1(C)OC(Oc2ccc(CCNC(C)=O)c(-c3cccc(F)c3)c2)C(O)C(O)C1C. The lowest BCUT2D eigenvalue weighted by Gasteiger charge is -2.46. The van der Waals surface area contributed by atoms with E-state index in [0.717, 1.165) is 11.1 Å². The first-order chi connectivity index (χ1) is 15.1. The van der Waals surface area contributed by atoms with Gasteiger partial charge in [0.2, 0.25) is 12.2 Å². The van der Waals surface area contributed by atoms with E-state index in [9.17, 15) is 19.4 Å². The standard InChI is InChI=1S/C24H30FNO6/c1-14-21(28)22(29)23(32-24(14,3)30-4)31-19-9-8-16(10-11-26-15(2)27)20(13-19)17-6-5-7-18(25)12-17/h5-9,12-14,21-23,28-29H,10-11H2,1-4H3,(H,26,27). The summed E-state index contributed by atoms with van der Waals surface area (Å²) in [5.74, 6) is -1.76. The summed E-state index contributed by atoms with van der Waals surface area (Å²) in [4.78, 5) is 11.2. The van der Waals surface area contributed by atoms with Gasteiger partial charge >= 0.3 is 0 Å². The molecular weight excluding hydrogens is 417 g/mol. The molecule has 7 nitrogen and oxygen atoms in total. The topological polar surface area (TPSA) is 97.2 Å². The zero-order valence-electron chi connectivity index (χ0n) is 18.7. The monoisotopic (exact) mass is 447 g/mol. The van der Waals surface area contributed by atoms with Crippen LogP contribution in [0, 0.1) is 11.7 Å². The Morgan fingerprint density at radius 3 is 2.62 bits per heavy atom. The molecule has 1 amide bonds. The maximum atomic E-state index is 13.9. The van der Waals surface area contributed by atoms with E-state index in [-0.39, 0.29) is 11.7 Å². The quantitative estimate of drug-likeness (QED) is 0.604. The highest BCUT2D eigenvalue weighted by Gasteiger charge is 2.50. The molecule has 0 radical (unpaired) electrons. The highest BCUT2D eigenvalue weighted by atomic mass is 19.1. The van der Waals surface area contributed by atoms with Crippen LogP contribution in [0.5, 0.6) is 5.75 Å². The van der Waals surface area contributed by atoms with Gasteiger partial charge in [-0.1, -0.05) is 25.1 Å². The number of aliphatic hydroxyl groups excluding tert-OH is 2. The van der Waals surface area contributed by atoms with Gasteiger partial charge in [-0.25, -0.2) is 4.39 Å². The second-order valence-corrected chi connectivity index (χ2v) is 8.16. The van der Waals surface area contributed by atoms with Crippen molar-refractivity contribution in [3.05, 3.63) is 53.8 Å². The first kappa shape index (κ1) is 24.1. The summed E-state index contributed by atoms with van der Waals surface area (Å²) in [6, 6.07) is 11.4. The largest absolute Gasteiger partial charge is 0.462 e. The summed E-state index contributed by atoms with van der Waals surface area (Å²) < 4.78 is 31.0. The minimum Gasteiger partial charge on any atom is -0.462 e. The minimum atomic E-state index is -1.29. The molecule has 5 atom stereocenters. The third-order valence-electron chi connectivity index (χ3n) is 5.96. The lowest BCUT2D eigenvalue weighted by atomic mass is 9.88. The first-order valence-electron chi connectivity index (χ1n) is 10.5. The molecule has 8 heteroatoms. The van der Waals surface area contributed by atoms with Crippen molar-refractivity contribution in [1.82, 2.24) is 5.32 Å². The fourth-order valence-corrected chi connectivity index (χ4v) is 3.78. The molecule has 0 saturated carbocycles. The normalized spacial score (nSPS) is 27.7. The van der Waals surface area contributed by atoms with E-state index in [1.54, 1.807) is 38.1 Å². The second kappa shape index (κ2) is 9.95. The zero-order valence-corrected chi connectivity index (χ0v) is 18.7. The van der Waals surface area contributed by atoms with Crippen molar-refractivity contribution in [1.29, 1.82) is 0 Å². The second-order valence-electron chi connectivity index (χ2n) is 8.16. The van der Waals surface area contributed by atoms with Crippen LogP contribution < -0.4 is 10.1 Å². The lowest BCUT2D eigenvalue weighted by molar-refractivity contribution is -0.363. The van der Waals surface area contributed by atoms with Gasteiger partial charge in [0, 0.05) is 26.5 Å². The summed E-state index contributed by atoms with van der Waals surface area (Å²) in [5, 5.41) is 23.7. The van der Waals surface area contributed by atoms with E-state index in [0.29, 0.717) is 24.3 Å². The van der Waals surface area contributed by atoms with Gasteiger partial charge in [0.15, 0.2) is 5.79 Å². The molecule has 1 aliphatic heterocycles. The zero-order chi connectivity index (χ0) is 23.5. The third kappa shape index (κ3) is 5.27. The van der Waals surface area contributed by atoms with E-state index in [1.807, 2.05) is 6.07 Å². The van der Waals surface area contributed by atoms with E-state index in [1.165, 1.54) is 26.2 Å². The van der Waals surface area contributed by atoms with E-state index >= 15 is 0 Å². The van der Waals surface area contributed by atoms with Gasteiger partial charge in [-0.2, -0.15) is 0 Å². The van der Waals surface area contributed by atoms with Crippen LogP contribution in [0.15, 0.2) is 42.5 Å². The molecule has 1 aliphatic rings. The van der Waals surface area contributed by atoms with Crippen molar-refractivity contribution in [2.45, 2.75) is 51.5 Å². The van der Waals surface area contributed by atoms with Crippen molar-refractivity contribution < 1.29 is 33.6 Å². The van der Waals surface area contributed by atoms with Gasteiger partial charge in [-0.3, -0.25) is 4.79 Å². The van der Waals surface area contributed by atoms with Crippen molar-refractivity contribution in [2.75, 3.05) is 13.7 Å². The molecule has 1 saturated heterocycles. The van der Waals surface area contributed by atoms with Crippen molar-refractivity contribution in [3.63, 3.8) is 0 Å². The number of ether oxygens (including phenoxy) is 3. The fourth-order valence-electron chi connectivity index (χ4n) is 3.78. The van der Waals surface area contributed by atoms with Crippen LogP contribution in [-0.2, 0) is 20.7 Å². The number of hydrogen-bond donors (Lipinski definition) is 3. The number of carbonyl (C=O) groups excluding carboxylic acids is 1. The fraction of sp³-hybridized carbons (Fsp3) is 0.458.